The van der Waals surface area contributed by atoms with Crippen LogP contribution in [0.5, 0.6) is 5.75 Å². The Labute approximate surface area is 153 Å². The smallest absolute Gasteiger partial charge is 0.252 e. The number of ether oxygens (including phenoxy) is 1. The first kappa shape index (κ1) is 17.8. The maximum absolute atomic E-state index is 11.9. The van der Waals surface area contributed by atoms with E-state index in [1.165, 1.54) is 12.8 Å². The molecule has 2 aromatic rings. The highest BCUT2D eigenvalue weighted by molar-refractivity contribution is 5.96. The van der Waals surface area contributed by atoms with Gasteiger partial charge in [-0.15, -0.1) is 12.4 Å². The maximum atomic E-state index is 11.9. The van der Waals surface area contributed by atoms with Gasteiger partial charge in [0.1, 0.15) is 11.9 Å². The van der Waals surface area contributed by atoms with E-state index >= 15 is 0 Å². The molecule has 7 heteroatoms. The van der Waals surface area contributed by atoms with Gasteiger partial charge in [-0.05, 0) is 43.9 Å². The molecule has 1 amide bonds. The standard InChI is InChI=1S/C18H22N4O2.ClH/c1-22-9-16(20-10-22)11-2-5-17(15(6-11)18(19)23)24-14-7-12-3-4-13(8-14)21-12;/h2,5-6,9-10,12-14,21H,3-4,7-8H2,1H3,(H2,19,23);1H/t12-,13+,14?;. The van der Waals surface area contributed by atoms with Crippen LogP contribution < -0.4 is 15.8 Å². The quantitative estimate of drug-likeness (QED) is 0.874. The molecule has 0 radical (unpaired) electrons. The van der Waals surface area contributed by atoms with Crippen LogP contribution in [0.25, 0.3) is 11.3 Å². The Hall–Kier alpha value is -2.05. The van der Waals surface area contributed by atoms with Crippen LogP contribution in [0.1, 0.15) is 36.0 Å². The normalized spacial score (nSPS) is 24.6. The fourth-order valence-electron chi connectivity index (χ4n) is 3.83. The van der Waals surface area contributed by atoms with Gasteiger partial charge in [-0.2, -0.15) is 0 Å². The number of aryl methyl sites for hydroxylation is 1. The molecule has 6 nitrogen and oxygen atoms in total. The molecule has 3 N–H and O–H groups in total. The second kappa shape index (κ2) is 7.06. The van der Waals surface area contributed by atoms with Gasteiger partial charge in [0, 0.05) is 30.9 Å². The number of imidazole rings is 1. The molecule has 2 aliphatic heterocycles. The molecule has 0 spiro atoms. The minimum absolute atomic E-state index is 0. The number of carbonyl (C=O) groups is 1. The summed E-state index contributed by atoms with van der Waals surface area (Å²) in [5, 5.41) is 3.59. The lowest BCUT2D eigenvalue weighted by molar-refractivity contribution is 0.0984. The van der Waals surface area contributed by atoms with Crippen LogP contribution in [0.2, 0.25) is 0 Å². The number of nitrogens with two attached hydrogens (primary N) is 1. The molecular formula is C18H23ClN4O2. The van der Waals surface area contributed by atoms with Crippen LogP contribution in [0, 0.1) is 0 Å². The Morgan fingerprint density at radius 3 is 2.64 bits per heavy atom. The molecule has 2 fully saturated rings. The van der Waals surface area contributed by atoms with Gasteiger partial charge in [0.05, 0.1) is 17.6 Å². The highest BCUT2D eigenvalue weighted by Crippen LogP contribution is 2.32. The number of carbonyl (C=O) groups excluding carboxylic acids is 1. The summed E-state index contributed by atoms with van der Waals surface area (Å²) < 4.78 is 8.03. The summed E-state index contributed by atoms with van der Waals surface area (Å²) in [6.07, 6.45) is 8.17. The number of nitrogens with one attached hydrogen (secondary N) is 1. The van der Waals surface area contributed by atoms with Crippen LogP contribution in [0.3, 0.4) is 0 Å². The summed E-state index contributed by atoms with van der Waals surface area (Å²) in [7, 11) is 1.91. The largest absolute Gasteiger partial charge is 0.489 e. The second-order valence-corrected chi connectivity index (χ2v) is 6.85. The number of hydrogen-bond acceptors (Lipinski definition) is 4. The molecule has 3 heterocycles. The van der Waals surface area contributed by atoms with Crippen molar-refractivity contribution in [1.29, 1.82) is 0 Å². The monoisotopic (exact) mass is 362 g/mol. The molecular weight excluding hydrogens is 340 g/mol. The highest BCUT2D eigenvalue weighted by atomic mass is 35.5. The third-order valence-corrected chi connectivity index (χ3v) is 4.97. The fraction of sp³-hybridized carbons (Fsp3) is 0.444. The van der Waals surface area contributed by atoms with Crippen molar-refractivity contribution in [3.8, 4) is 17.0 Å². The highest BCUT2D eigenvalue weighted by Gasteiger charge is 2.34. The van der Waals surface area contributed by atoms with Crippen molar-refractivity contribution in [3.63, 3.8) is 0 Å². The predicted octanol–water partition coefficient (Wildman–Crippen LogP) is 2.27. The maximum Gasteiger partial charge on any atom is 0.252 e. The first-order valence-corrected chi connectivity index (χ1v) is 8.43. The van der Waals surface area contributed by atoms with Crippen LogP contribution in [0.4, 0.5) is 0 Å². The summed E-state index contributed by atoms with van der Waals surface area (Å²) >= 11 is 0. The zero-order valence-electron chi connectivity index (χ0n) is 14.1. The van der Waals surface area contributed by atoms with Gasteiger partial charge in [0.15, 0.2) is 0 Å². The Balaban J connectivity index is 0.00000182. The molecule has 1 aromatic carbocycles. The van der Waals surface area contributed by atoms with E-state index in [1.54, 1.807) is 12.4 Å². The number of amides is 1. The summed E-state index contributed by atoms with van der Waals surface area (Å²) in [5.74, 6) is 0.105. The second-order valence-electron chi connectivity index (χ2n) is 6.85. The molecule has 3 atom stereocenters. The van der Waals surface area contributed by atoms with E-state index in [2.05, 4.69) is 10.3 Å². The van der Waals surface area contributed by atoms with Gasteiger partial charge in [-0.1, -0.05) is 0 Å². The number of nitrogens with zero attached hydrogens (tertiary/aromatic N) is 2. The third-order valence-electron chi connectivity index (χ3n) is 4.97. The van der Waals surface area contributed by atoms with Crippen molar-refractivity contribution in [2.45, 2.75) is 43.9 Å². The molecule has 1 aromatic heterocycles. The van der Waals surface area contributed by atoms with Crippen molar-refractivity contribution in [2.75, 3.05) is 0 Å². The minimum Gasteiger partial charge on any atom is -0.489 e. The van der Waals surface area contributed by atoms with Crippen molar-refractivity contribution < 1.29 is 9.53 Å². The van der Waals surface area contributed by atoms with E-state index < -0.39 is 5.91 Å². The molecule has 2 bridgehead atoms. The Bertz CT molecular complexity index is 764. The van der Waals surface area contributed by atoms with Gasteiger partial charge in [0.2, 0.25) is 0 Å². The number of primary amides is 1. The van der Waals surface area contributed by atoms with Gasteiger partial charge >= 0.3 is 0 Å². The van der Waals surface area contributed by atoms with Crippen molar-refractivity contribution in [2.24, 2.45) is 12.8 Å². The van der Waals surface area contributed by atoms with Crippen molar-refractivity contribution >= 4 is 18.3 Å². The summed E-state index contributed by atoms with van der Waals surface area (Å²) in [5.41, 5.74) is 7.68. The lowest BCUT2D eigenvalue weighted by Gasteiger charge is -2.30. The molecule has 0 saturated carbocycles. The molecule has 134 valence electrons. The van der Waals surface area contributed by atoms with Crippen molar-refractivity contribution in [3.05, 3.63) is 36.3 Å². The van der Waals surface area contributed by atoms with E-state index in [4.69, 9.17) is 10.5 Å². The van der Waals surface area contributed by atoms with Crippen LogP contribution >= 0.6 is 12.4 Å². The van der Waals surface area contributed by atoms with Gasteiger partial charge in [-0.3, -0.25) is 4.79 Å². The van der Waals surface area contributed by atoms with Crippen LogP contribution in [0.15, 0.2) is 30.7 Å². The number of halogens is 1. The zero-order chi connectivity index (χ0) is 16.7. The third kappa shape index (κ3) is 3.65. The molecule has 2 aliphatic rings. The SMILES string of the molecule is Cl.Cn1cnc(-c2ccc(OC3C[C@H]4CC[C@@H](C3)N4)c(C(N)=O)c2)c1. The Morgan fingerprint density at radius 1 is 1.32 bits per heavy atom. The Morgan fingerprint density at radius 2 is 2.04 bits per heavy atom. The summed E-state index contributed by atoms with van der Waals surface area (Å²) in [4.78, 5) is 16.2. The first-order valence-electron chi connectivity index (χ1n) is 8.43. The zero-order valence-corrected chi connectivity index (χ0v) is 15.0. The van der Waals surface area contributed by atoms with Gasteiger partial charge in [-0.25, -0.2) is 4.98 Å². The molecule has 4 rings (SSSR count). The first-order chi connectivity index (χ1) is 11.6. The molecule has 1 unspecified atom stereocenters. The minimum atomic E-state index is -0.473. The molecule has 0 aliphatic carbocycles. The number of rotatable bonds is 4. The van der Waals surface area contributed by atoms with Crippen LogP contribution in [-0.4, -0.2) is 33.6 Å². The lowest BCUT2D eigenvalue weighted by atomic mass is 10.0. The van der Waals surface area contributed by atoms with Crippen LogP contribution in [-0.2, 0) is 7.05 Å². The molecule has 2 saturated heterocycles. The summed E-state index contributed by atoms with van der Waals surface area (Å²) in [6, 6.07) is 6.63. The average molecular weight is 363 g/mol. The topological polar surface area (TPSA) is 82.2 Å². The van der Waals surface area contributed by atoms with Crippen molar-refractivity contribution in [1.82, 2.24) is 14.9 Å². The number of piperidine rings is 1. The number of hydrogen-bond donors (Lipinski definition) is 2. The number of aromatic nitrogens is 2. The fourth-order valence-corrected chi connectivity index (χ4v) is 3.83. The van der Waals surface area contributed by atoms with E-state index in [9.17, 15) is 4.79 Å². The summed E-state index contributed by atoms with van der Waals surface area (Å²) in [6.45, 7) is 0. The lowest BCUT2D eigenvalue weighted by Crippen LogP contribution is -2.42. The van der Waals surface area contributed by atoms with E-state index in [1.807, 2.05) is 29.9 Å². The average Bonchev–Trinajstić information content (AvgIpc) is 3.13. The molecule has 25 heavy (non-hydrogen) atoms. The number of fused-ring (bicyclic) bond motifs is 2. The van der Waals surface area contributed by atoms with Gasteiger partial charge in [0.25, 0.3) is 5.91 Å². The van der Waals surface area contributed by atoms with E-state index in [-0.39, 0.29) is 18.5 Å². The van der Waals surface area contributed by atoms with E-state index in [0.717, 1.165) is 24.1 Å². The van der Waals surface area contributed by atoms with Gasteiger partial charge < -0.3 is 20.4 Å². The number of benzene rings is 1. The van der Waals surface area contributed by atoms with E-state index in [0.29, 0.717) is 23.4 Å². The predicted molar refractivity (Wildman–Crippen MR) is 98.0 cm³/mol. The Kier molecular flexibility index (Phi) is 5.01.